The van der Waals surface area contributed by atoms with Crippen molar-refractivity contribution in [2.24, 2.45) is 0 Å². The molecule has 6 nitrogen and oxygen atoms in total. The van der Waals surface area contributed by atoms with E-state index in [9.17, 15) is 14.9 Å². The summed E-state index contributed by atoms with van der Waals surface area (Å²) in [6.07, 6.45) is 3.25. The van der Waals surface area contributed by atoms with Gasteiger partial charge in [-0.15, -0.1) is 0 Å². The Hall–Kier alpha value is -3.89. The number of amides is 2. The molecule has 0 spiro atoms. The van der Waals surface area contributed by atoms with Gasteiger partial charge in [0, 0.05) is 19.7 Å². The van der Waals surface area contributed by atoms with Crippen molar-refractivity contribution in [1.82, 2.24) is 15.5 Å². The highest BCUT2D eigenvalue weighted by Gasteiger charge is 2.27. The molecule has 2 N–H and O–H groups in total. The van der Waals surface area contributed by atoms with Crippen LogP contribution in [0.15, 0.2) is 72.8 Å². The highest BCUT2D eigenvalue weighted by molar-refractivity contribution is 6.42. The van der Waals surface area contributed by atoms with Crippen molar-refractivity contribution >= 4 is 45.8 Å². The van der Waals surface area contributed by atoms with Gasteiger partial charge in [-0.2, -0.15) is 5.26 Å². The van der Waals surface area contributed by atoms with Gasteiger partial charge in [-0.05, 0) is 109 Å². The van der Waals surface area contributed by atoms with Crippen LogP contribution in [0.25, 0.3) is 10.8 Å². The Bertz CT molecular complexity index is 1720. The molecule has 2 amide bonds. The third-order valence-corrected chi connectivity index (χ3v) is 9.59. The van der Waals surface area contributed by atoms with Crippen LogP contribution in [-0.2, 0) is 6.42 Å². The molecule has 1 aliphatic heterocycles. The molecule has 226 valence electrons. The lowest BCUT2D eigenvalue weighted by Gasteiger charge is -2.34. The van der Waals surface area contributed by atoms with E-state index in [1.54, 1.807) is 14.1 Å². The lowest BCUT2D eigenvalue weighted by Crippen LogP contribution is -2.35. The van der Waals surface area contributed by atoms with E-state index < -0.39 is 0 Å². The van der Waals surface area contributed by atoms with Crippen molar-refractivity contribution in [3.63, 3.8) is 0 Å². The molecule has 0 aliphatic carbocycles. The second kappa shape index (κ2) is 14.3. The maximum absolute atomic E-state index is 13.3. The average molecular weight is 628 g/mol. The first-order valence-electron chi connectivity index (χ1n) is 15.0. The smallest absolute Gasteiger partial charge is 0.251 e. The zero-order valence-corrected chi connectivity index (χ0v) is 26.5. The minimum absolute atomic E-state index is 0.00636. The van der Waals surface area contributed by atoms with Gasteiger partial charge < -0.3 is 15.5 Å². The van der Waals surface area contributed by atoms with E-state index in [0.29, 0.717) is 33.5 Å². The fraction of sp³-hybridized carbons (Fsp3) is 0.306. The Morgan fingerprint density at radius 1 is 0.932 bits per heavy atom. The number of fused-ring (bicyclic) bond motifs is 1. The molecule has 8 heteroatoms. The molecule has 0 bridgehead atoms. The van der Waals surface area contributed by atoms with Gasteiger partial charge in [0.05, 0.1) is 27.2 Å². The number of nitrogens with one attached hydrogen (secondary N) is 2. The number of hydrogen-bond donors (Lipinski definition) is 2. The molecule has 0 radical (unpaired) electrons. The normalized spacial score (nSPS) is 14.6. The van der Waals surface area contributed by atoms with Crippen molar-refractivity contribution in [1.29, 1.82) is 5.26 Å². The summed E-state index contributed by atoms with van der Waals surface area (Å²) in [5, 5.41) is 18.4. The molecule has 1 saturated heterocycles. The Labute approximate surface area is 269 Å². The first kappa shape index (κ1) is 31.5. The van der Waals surface area contributed by atoms with E-state index in [-0.39, 0.29) is 17.7 Å². The third-order valence-electron chi connectivity index (χ3n) is 8.85. The molecule has 44 heavy (non-hydrogen) atoms. The Morgan fingerprint density at radius 3 is 2.34 bits per heavy atom. The lowest BCUT2D eigenvalue weighted by molar-refractivity contribution is 0.0953. The number of likely N-dealkylation sites (tertiary alicyclic amines) is 1. The number of rotatable bonds is 9. The quantitative estimate of drug-likeness (QED) is 0.204. The topological polar surface area (TPSA) is 85.2 Å². The van der Waals surface area contributed by atoms with Gasteiger partial charge in [-0.3, -0.25) is 9.59 Å². The second-order valence-corrected chi connectivity index (χ2v) is 12.1. The number of benzene rings is 4. The standard InChI is InChI=1S/C36H36Cl2N4O2/c1-40-35(43)30-10-6-5-8-28(30)23-13-16-42(17-14-23)18-15-25(24-11-12-32(37)33(38)21-24)20-31-27(22-39)19-26-7-3-4-9-29(26)34(31)36(44)41-2/h3-12,19,21,23,25H,13-18,20H2,1-2H3,(H,40,43)(H,41,44)/t25-/m1/s1. The van der Waals surface area contributed by atoms with Crippen molar-refractivity contribution < 1.29 is 9.59 Å². The van der Waals surface area contributed by atoms with E-state index in [2.05, 4.69) is 27.7 Å². The minimum atomic E-state index is -0.208. The largest absolute Gasteiger partial charge is 0.355 e. The van der Waals surface area contributed by atoms with Gasteiger partial charge >= 0.3 is 0 Å². The summed E-state index contributed by atoms with van der Waals surface area (Å²) >= 11 is 12.8. The highest BCUT2D eigenvalue weighted by Crippen LogP contribution is 2.36. The minimum Gasteiger partial charge on any atom is -0.355 e. The van der Waals surface area contributed by atoms with Crippen LogP contribution in [0.2, 0.25) is 10.0 Å². The summed E-state index contributed by atoms with van der Waals surface area (Å²) in [4.78, 5) is 28.2. The van der Waals surface area contributed by atoms with Gasteiger partial charge in [0.1, 0.15) is 0 Å². The predicted molar refractivity (Wildman–Crippen MR) is 178 cm³/mol. The number of piperidine rings is 1. The fourth-order valence-corrected chi connectivity index (χ4v) is 6.79. The molecule has 0 saturated carbocycles. The van der Waals surface area contributed by atoms with E-state index in [4.69, 9.17) is 23.2 Å². The van der Waals surface area contributed by atoms with Crippen LogP contribution >= 0.6 is 23.2 Å². The van der Waals surface area contributed by atoms with Crippen LogP contribution in [0.3, 0.4) is 0 Å². The zero-order valence-electron chi connectivity index (χ0n) is 25.0. The molecule has 1 fully saturated rings. The molecular formula is C36H36Cl2N4O2. The molecular weight excluding hydrogens is 591 g/mol. The number of hydrogen-bond acceptors (Lipinski definition) is 4. The molecule has 1 aliphatic rings. The summed E-state index contributed by atoms with van der Waals surface area (Å²) in [7, 11) is 3.29. The van der Waals surface area contributed by atoms with Crippen molar-refractivity contribution in [3.05, 3.63) is 116 Å². The van der Waals surface area contributed by atoms with Gasteiger partial charge in [-0.1, -0.05) is 71.7 Å². The predicted octanol–water partition coefficient (Wildman–Crippen LogP) is 7.33. The van der Waals surface area contributed by atoms with Crippen LogP contribution in [0.4, 0.5) is 0 Å². The van der Waals surface area contributed by atoms with Crippen LogP contribution < -0.4 is 10.6 Å². The SMILES string of the molecule is CNC(=O)c1ccccc1C1CCN(CC[C@H](Cc2c(C#N)cc3ccccc3c2C(=O)NC)c2ccc(Cl)c(Cl)c2)CC1. The molecule has 1 atom stereocenters. The summed E-state index contributed by atoms with van der Waals surface area (Å²) in [6.45, 7) is 2.69. The van der Waals surface area contributed by atoms with Crippen LogP contribution in [0.1, 0.15) is 74.1 Å². The maximum atomic E-state index is 13.3. The Kier molecular flexibility index (Phi) is 10.2. The molecule has 0 unspecified atom stereocenters. The number of halogens is 2. The fourth-order valence-electron chi connectivity index (χ4n) is 6.49. The zero-order chi connectivity index (χ0) is 31.2. The first-order valence-corrected chi connectivity index (χ1v) is 15.7. The van der Waals surface area contributed by atoms with E-state index in [0.717, 1.165) is 71.9 Å². The van der Waals surface area contributed by atoms with Gasteiger partial charge in [0.2, 0.25) is 0 Å². The van der Waals surface area contributed by atoms with E-state index in [1.165, 1.54) is 0 Å². The number of nitriles is 1. The summed E-state index contributed by atoms with van der Waals surface area (Å²) in [5.41, 5.74) is 4.68. The van der Waals surface area contributed by atoms with Crippen molar-refractivity contribution in [3.8, 4) is 6.07 Å². The van der Waals surface area contributed by atoms with Crippen LogP contribution in [-0.4, -0.2) is 50.4 Å². The van der Waals surface area contributed by atoms with E-state index >= 15 is 0 Å². The molecule has 5 rings (SSSR count). The molecule has 1 heterocycles. The summed E-state index contributed by atoms with van der Waals surface area (Å²) in [6, 6.07) is 25.5. The third kappa shape index (κ3) is 6.76. The molecule has 0 aromatic heterocycles. The van der Waals surface area contributed by atoms with E-state index in [1.807, 2.05) is 66.7 Å². The second-order valence-electron chi connectivity index (χ2n) is 11.3. The molecule has 4 aromatic carbocycles. The monoisotopic (exact) mass is 626 g/mol. The average Bonchev–Trinajstić information content (AvgIpc) is 3.06. The highest BCUT2D eigenvalue weighted by atomic mass is 35.5. The van der Waals surface area contributed by atoms with Crippen molar-refractivity contribution in [2.75, 3.05) is 33.7 Å². The lowest BCUT2D eigenvalue weighted by atomic mass is 9.83. The maximum Gasteiger partial charge on any atom is 0.251 e. The number of nitrogens with zero attached hydrogens (tertiary/aromatic N) is 2. The van der Waals surface area contributed by atoms with Crippen molar-refractivity contribution in [2.45, 2.75) is 37.5 Å². The van der Waals surface area contributed by atoms with Gasteiger partial charge in [-0.25, -0.2) is 0 Å². The van der Waals surface area contributed by atoms with Crippen LogP contribution in [0, 0.1) is 11.3 Å². The number of carbonyl (C=O) groups is 2. The van der Waals surface area contributed by atoms with Gasteiger partial charge in [0.15, 0.2) is 0 Å². The Morgan fingerprint density at radius 2 is 1.64 bits per heavy atom. The van der Waals surface area contributed by atoms with Gasteiger partial charge in [0.25, 0.3) is 11.8 Å². The number of carbonyl (C=O) groups excluding carboxylic acids is 2. The Balaban J connectivity index is 1.40. The molecule has 4 aromatic rings. The van der Waals surface area contributed by atoms with Crippen LogP contribution in [0.5, 0.6) is 0 Å². The summed E-state index contributed by atoms with van der Waals surface area (Å²) in [5.74, 6) is 0.0685. The first-order chi connectivity index (χ1) is 21.3. The summed E-state index contributed by atoms with van der Waals surface area (Å²) < 4.78 is 0.